The Kier molecular flexibility index (Phi) is 4.30. The van der Waals surface area contributed by atoms with Crippen LogP contribution < -0.4 is 10.5 Å². The second-order valence-corrected chi connectivity index (χ2v) is 8.38. The van der Waals surface area contributed by atoms with Gasteiger partial charge in [0.1, 0.15) is 23.2 Å². The molecule has 1 fully saturated rings. The van der Waals surface area contributed by atoms with Gasteiger partial charge in [-0.25, -0.2) is 9.67 Å². The first-order chi connectivity index (χ1) is 16.2. The molecule has 3 aromatic heterocycles. The summed E-state index contributed by atoms with van der Waals surface area (Å²) >= 11 is 0. The highest BCUT2D eigenvalue weighted by Gasteiger charge is 2.37. The third-order valence-corrected chi connectivity index (χ3v) is 6.25. The molecule has 0 saturated heterocycles. The van der Waals surface area contributed by atoms with Crippen LogP contribution in [0.3, 0.4) is 0 Å². The van der Waals surface area contributed by atoms with Crippen molar-refractivity contribution < 1.29 is 4.74 Å². The van der Waals surface area contributed by atoms with Crippen molar-refractivity contribution >= 4 is 0 Å². The monoisotopic (exact) mass is 435 g/mol. The lowest BCUT2D eigenvalue weighted by Crippen LogP contribution is -2.21. The zero-order valence-electron chi connectivity index (χ0n) is 18.0. The molecule has 0 amide bonds. The predicted molar refractivity (Wildman–Crippen MR) is 121 cm³/mol. The van der Waals surface area contributed by atoms with Gasteiger partial charge in [-0.05, 0) is 42.7 Å². The Bertz CT molecular complexity index is 1420. The second kappa shape index (κ2) is 7.35. The fourth-order valence-electron chi connectivity index (χ4n) is 4.53. The molecule has 4 heterocycles. The lowest BCUT2D eigenvalue weighted by atomic mass is 9.83. The summed E-state index contributed by atoms with van der Waals surface area (Å²) in [5.41, 5.74) is 10.9. The van der Waals surface area contributed by atoms with E-state index in [2.05, 4.69) is 37.8 Å². The number of allylic oxidation sites excluding steroid dienone is 1. The van der Waals surface area contributed by atoms with Crippen molar-refractivity contribution in [2.24, 2.45) is 12.8 Å². The maximum Gasteiger partial charge on any atom is 0.224 e. The molecule has 1 aliphatic heterocycles. The number of nitrogens with two attached hydrogens (primary N) is 1. The summed E-state index contributed by atoms with van der Waals surface area (Å²) < 4.78 is 9.65. The van der Waals surface area contributed by atoms with E-state index in [9.17, 15) is 5.26 Å². The van der Waals surface area contributed by atoms with Crippen LogP contribution in [0.2, 0.25) is 0 Å². The van der Waals surface area contributed by atoms with Crippen LogP contribution in [0.4, 0.5) is 0 Å². The standard InChI is InChI=1S/C25H21N7O/c1-31-25-21(22(30-31)17-3-2-10-28-14-17)20(19(13-26)23(27)33-25)15-6-8-18(9-7-15)32-12-11-29-24(32)16-4-5-16/h2-3,6-12,14,16,20H,4-5,27H2,1H3. The van der Waals surface area contributed by atoms with Crippen LogP contribution >= 0.6 is 0 Å². The van der Waals surface area contributed by atoms with E-state index in [1.165, 1.54) is 12.8 Å². The van der Waals surface area contributed by atoms with Crippen LogP contribution in [-0.4, -0.2) is 24.3 Å². The highest BCUT2D eigenvalue weighted by atomic mass is 16.5. The molecule has 1 unspecified atom stereocenters. The van der Waals surface area contributed by atoms with Gasteiger partial charge < -0.3 is 15.0 Å². The third-order valence-electron chi connectivity index (χ3n) is 6.25. The minimum Gasteiger partial charge on any atom is -0.422 e. The molecule has 2 N–H and O–H groups in total. The van der Waals surface area contributed by atoms with Crippen molar-refractivity contribution in [1.29, 1.82) is 5.26 Å². The number of aryl methyl sites for hydroxylation is 1. The topological polar surface area (TPSA) is 108 Å². The first kappa shape index (κ1) is 19.3. The molecule has 162 valence electrons. The molecule has 8 heteroatoms. The van der Waals surface area contributed by atoms with Gasteiger partial charge in [-0.1, -0.05) is 12.1 Å². The van der Waals surface area contributed by atoms with Crippen LogP contribution in [0.5, 0.6) is 5.88 Å². The molecular formula is C25H21N7O. The molecule has 0 radical (unpaired) electrons. The van der Waals surface area contributed by atoms with Crippen molar-refractivity contribution in [3.05, 3.63) is 89.6 Å². The molecule has 1 saturated carbocycles. The number of aromatic nitrogens is 5. The smallest absolute Gasteiger partial charge is 0.224 e. The Labute approximate surface area is 190 Å². The molecule has 8 nitrogen and oxygen atoms in total. The summed E-state index contributed by atoms with van der Waals surface area (Å²) in [6.45, 7) is 0. The van der Waals surface area contributed by atoms with Crippen LogP contribution in [0.25, 0.3) is 16.9 Å². The maximum atomic E-state index is 9.98. The fraction of sp³-hybridized carbons (Fsp3) is 0.200. The molecular weight excluding hydrogens is 414 g/mol. The zero-order valence-corrected chi connectivity index (χ0v) is 18.0. The van der Waals surface area contributed by atoms with E-state index >= 15 is 0 Å². The molecule has 1 atom stereocenters. The van der Waals surface area contributed by atoms with Gasteiger partial charge in [0.25, 0.3) is 0 Å². The molecule has 0 bridgehead atoms. The Morgan fingerprint density at radius 2 is 1.97 bits per heavy atom. The van der Waals surface area contributed by atoms with E-state index in [1.54, 1.807) is 17.1 Å². The van der Waals surface area contributed by atoms with Crippen molar-refractivity contribution in [3.63, 3.8) is 0 Å². The number of hydrogen-bond donors (Lipinski definition) is 1. The summed E-state index contributed by atoms with van der Waals surface area (Å²) in [5, 5.41) is 14.7. The number of rotatable bonds is 4. The summed E-state index contributed by atoms with van der Waals surface area (Å²) in [6.07, 6.45) is 9.70. The lowest BCUT2D eigenvalue weighted by molar-refractivity contribution is 0.358. The van der Waals surface area contributed by atoms with Crippen molar-refractivity contribution in [1.82, 2.24) is 24.3 Å². The summed E-state index contributed by atoms with van der Waals surface area (Å²) in [6, 6.07) is 14.3. The Balaban J connectivity index is 1.48. The number of nitriles is 1. The largest absolute Gasteiger partial charge is 0.422 e. The molecule has 4 aromatic rings. The van der Waals surface area contributed by atoms with E-state index in [0.29, 0.717) is 17.4 Å². The second-order valence-electron chi connectivity index (χ2n) is 8.38. The molecule has 1 aromatic carbocycles. The number of fused-ring (bicyclic) bond motifs is 1. The lowest BCUT2D eigenvalue weighted by Gasteiger charge is -2.25. The third kappa shape index (κ3) is 3.09. The summed E-state index contributed by atoms with van der Waals surface area (Å²) in [5.74, 6) is 1.88. The number of benzene rings is 1. The number of ether oxygens (including phenoxy) is 1. The van der Waals surface area contributed by atoms with Crippen LogP contribution in [0, 0.1) is 11.3 Å². The van der Waals surface area contributed by atoms with Crippen molar-refractivity contribution in [3.8, 4) is 28.9 Å². The Morgan fingerprint density at radius 3 is 2.67 bits per heavy atom. The van der Waals surface area contributed by atoms with Crippen molar-refractivity contribution in [2.75, 3.05) is 0 Å². The zero-order chi connectivity index (χ0) is 22.5. The molecule has 1 aliphatic carbocycles. The SMILES string of the molecule is Cn1nc(-c2cccnc2)c2c1OC(N)=C(C#N)C2c1ccc(-n2ccnc2C2CC2)cc1. The van der Waals surface area contributed by atoms with Gasteiger partial charge in [-0.15, -0.1) is 0 Å². The Hall–Kier alpha value is -4.38. The van der Waals surface area contributed by atoms with Gasteiger partial charge in [0.2, 0.25) is 11.8 Å². The average molecular weight is 435 g/mol. The van der Waals surface area contributed by atoms with Gasteiger partial charge in [-0.2, -0.15) is 10.4 Å². The first-order valence-electron chi connectivity index (χ1n) is 10.8. The highest BCUT2D eigenvalue weighted by Crippen LogP contribution is 2.46. The normalized spacial score (nSPS) is 17.4. The maximum absolute atomic E-state index is 9.98. The van der Waals surface area contributed by atoms with E-state index in [0.717, 1.165) is 33.9 Å². The van der Waals surface area contributed by atoms with Gasteiger partial charge in [0.05, 0.1) is 11.5 Å². The molecule has 0 spiro atoms. The number of pyridine rings is 1. The number of imidazole rings is 1. The van der Waals surface area contributed by atoms with Gasteiger partial charge in [-0.3, -0.25) is 4.98 Å². The fourth-order valence-corrected chi connectivity index (χ4v) is 4.53. The molecule has 6 rings (SSSR count). The minimum absolute atomic E-state index is 0.102. The summed E-state index contributed by atoms with van der Waals surface area (Å²) in [7, 11) is 1.81. The first-order valence-corrected chi connectivity index (χ1v) is 10.8. The van der Waals surface area contributed by atoms with Gasteiger partial charge in [0.15, 0.2) is 0 Å². The van der Waals surface area contributed by atoms with E-state index in [4.69, 9.17) is 10.5 Å². The number of nitrogens with zero attached hydrogens (tertiary/aromatic N) is 6. The molecule has 2 aliphatic rings. The van der Waals surface area contributed by atoms with E-state index in [1.807, 2.05) is 43.7 Å². The number of hydrogen-bond acceptors (Lipinski definition) is 6. The van der Waals surface area contributed by atoms with Crippen LogP contribution in [0.1, 0.15) is 41.6 Å². The van der Waals surface area contributed by atoms with E-state index in [-0.39, 0.29) is 5.88 Å². The Morgan fingerprint density at radius 1 is 1.15 bits per heavy atom. The van der Waals surface area contributed by atoms with Crippen LogP contribution in [0.15, 0.2) is 72.6 Å². The quantitative estimate of drug-likeness (QED) is 0.523. The minimum atomic E-state index is -0.401. The van der Waals surface area contributed by atoms with Crippen LogP contribution in [-0.2, 0) is 7.05 Å². The average Bonchev–Trinajstić information content (AvgIpc) is 3.49. The summed E-state index contributed by atoms with van der Waals surface area (Å²) in [4.78, 5) is 8.78. The van der Waals surface area contributed by atoms with Gasteiger partial charge >= 0.3 is 0 Å². The highest BCUT2D eigenvalue weighted by molar-refractivity contribution is 5.70. The predicted octanol–water partition coefficient (Wildman–Crippen LogP) is 3.76. The van der Waals surface area contributed by atoms with Crippen molar-refractivity contribution in [2.45, 2.75) is 24.7 Å². The van der Waals surface area contributed by atoms with Gasteiger partial charge in [0, 0.05) is 49.0 Å². The van der Waals surface area contributed by atoms with E-state index < -0.39 is 5.92 Å². The molecule has 33 heavy (non-hydrogen) atoms.